The number of hydrogen-bond acceptors (Lipinski definition) is 9. The summed E-state index contributed by atoms with van der Waals surface area (Å²) in [6.07, 6.45) is 2.19. The molecule has 3 rings (SSSR count). The van der Waals surface area contributed by atoms with Crippen LogP contribution in [0, 0.1) is 0 Å². The number of hydrogen-bond donors (Lipinski definition) is 5. The summed E-state index contributed by atoms with van der Waals surface area (Å²) in [5.41, 5.74) is 12.5. The van der Waals surface area contributed by atoms with E-state index in [1.54, 1.807) is 4.57 Å². The van der Waals surface area contributed by atoms with Gasteiger partial charge in [0, 0.05) is 19.0 Å². The number of nitrogens with one attached hydrogen (secondary N) is 1. The SMILES string of the molecule is CCC(N)CCNP(=O)(O)OC[C@H]1O[C@@H](n2cnc3c(N)ncnc32)C[C@@H]1O. The number of nitrogens with zero attached hydrogens (tertiary/aromatic N) is 4. The number of rotatable bonds is 9. The van der Waals surface area contributed by atoms with Crippen LogP contribution in [-0.2, 0) is 13.8 Å². The Kier molecular flexibility index (Phi) is 6.61. The molecule has 2 aromatic rings. The van der Waals surface area contributed by atoms with Crippen LogP contribution in [0.5, 0.6) is 0 Å². The highest BCUT2D eigenvalue weighted by molar-refractivity contribution is 7.50. The van der Waals surface area contributed by atoms with Gasteiger partial charge >= 0.3 is 7.75 Å². The number of aliphatic hydroxyl groups is 1. The maximum atomic E-state index is 12.1. The number of nitrogen functional groups attached to an aromatic ring is 1. The van der Waals surface area contributed by atoms with Gasteiger partial charge in [-0.05, 0) is 12.8 Å². The lowest BCUT2D eigenvalue weighted by atomic mass is 10.2. The number of aromatic nitrogens is 4. The first-order valence-corrected chi connectivity index (χ1v) is 10.6. The van der Waals surface area contributed by atoms with Gasteiger partial charge in [0.1, 0.15) is 24.2 Å². The molecule has 1 saturated heterocycles. The molecule has 3 heterocycles. The summed E-state index contributed by atoms with van der Waals surface area (Å²) in [6.45, 7) is 1.95. The second-order valence-corrected chi connectivity index (χ2v) is 8.31. The summed E-state index contributed by atoms with van der Waals surface area (Å²) >= 11 is 0. The molecule has 0 spiro atoms. The van der Waals surface area contributed by atoms with Crippen molar-refractivity contribution in [2.45, 2.75) is 50.7 Å². The van der Waals surface area contributed by atoms with Crippen molar-refractivity contribution in [2.75, 3.05) is 18.9 Å². The fraction of sp³-hybridized carbons (Fsp3) is 0.667. The fourth-order valence-corrected chi connectivity index (χ4v) is 3.78. The molecule has 0 aromatic carbocycles. The highest BCUT2D eigenvalue weighted by Crippen LogP contribution is 2.39. The molecule has 28 heavy (non-hydrogen) atoms. The molecular formula is C15H26N7O5P. The second kappa shape index (κ2) is 8.78. The molecular weight excluding hydrogens is 389 g/mol. The van der Waals surface area contributed by atoms with E-state index < -0.39 is 26.2 Å². The van der Waals surface area contributed by atoms with Gasteiger partial charge in [0.05, 0.1) is 19.0 Å². The zero-order valence-electron chi connectivity index (χ0n) is 15.5. The molecule has 13 heteroatoms. The predicted octanol–water partition coefficient (Wildman–Crippen LogP) is -0.109. The van der Waals surface area contributed by atoms with Crippen LogP contribution in [0.4, 0.5) is 5.82 Å². The van der Waals surface area contributed by atoms with Crippen molar-refractivity contribution in [1.29, 1.82) is 0 Å². The van der Waals surface area contributed by atoms with E-state index >= 15 is 0 Å². The minimum Gasteiger partial charge on any atom is -0.390 e. The predicted molar refractivity (Wildman–Crippen MR) is 101 cm³/mol. The summed E-state index contributed by atoms with van der Waals surface area (Å²) in [6, 6.07) is -0.0453. The van der Waals surface area contributed by atoms with E-state index in [2.05, 4.69) is 20.0 Å². The van der Waals surface area contributed by atoms with Crippen LogP contribution >= 0.6 is 7.75 Å². The summed E-state index contributed by atoms with van der Waals surface area (Å²) < 4.78 is 24.6. The molecule has 2 aromatic heterocycles. The molecule has 1 aliphatic heterocycles. The molecule has 156 valence electrons. The summed E-state index contributed by atoms with van der Waals surface area (Å²) in [4.78, 5) is 22.1. The highest BCUT2D eigenvalue weighted by atomic mass is 31.2. The summed E-state index contributed by atoms with van der Waals surface area (Å²) in [7, 11) is -4.02. The van der Waals surface area contributed by atoms with E-state index in [-0.39, 0.29) is 31.4 Å². The molecule has 2 unspecified atom stereocenters. The minimum absolute atomic E-state index is 0.0453. The lowest BCUT2D eigenvalue weighted by Gasteiger charge is -2.19. The van der Waals surface area contributed by atoms with Gasteiger partial charge in [-0.2, -0.15) is 0 Å². The first-order chi connectivity index (χ1) is 13.3. The molecule has 5 atom stereocenters. The van der Waals surface area contributed by atoms with Crippen molar-refractivity contribution in [3.8, 4) is 0 Å². The lowest BCUT2D eigenvalue weighted by Crippen LogP contribution is -2.28. The van der Waals surface area contributed by atoms with Gasteiger partial charge in [-0.25, -0.2) is 24.6 Å². The molecule has 0 amide bonds. The molecule has 12 nitrogen and oxygen atoms in total. The van der Waals surface area contributed by atoms with Gasteiger partial charge in [0.2, 0.25) is 0 Å². The topological polar surface area (TPSA) is 184 Å². The van der Waals surface area contributed by atoms with Crippen LogP contribution in [0.2, 0.25) is 0 Å². The maximum Gasteiger partial charge on any atom is 0.403 e. The monoisotopic (exact) mass is 415 g/mol. The Morgan fingerprint density at radius 3 is 3.04 bits per heavy atom. The Balaban J connectivity index is 1.56. The molecule has 1 aliphatic rings. The smallest absolute Gasteiger partial charge is 0.390 e. The van der Waals surface area contributed by atoms with E-state index in [1.807, 2.05) is 6.92 Å². The van der Waals surface area contributed by atoms with Crippen LogP contribution in [0.3, 0.4) is 0 Å². The Labute approximate surface area is 161 Å². The quantitative estimate of drug-likeness (QED) is 0.344. The first-order valence-electron chi connectivity index (χ1n) is 9.05. The van der Waals surface area contributed by atoms with Gasteiger partial charge in [0.15, 0.2) is 11.5 Å². The zero-order valence-corrected chi connectivity index (χ0v) is 16.4. The number of imidazole rings is 1. The third-order valence-electron chi connectivity index (χ3n) is 4.67. The third kappa shape index (κ3) is 4.84. The lowest BCUT2D eigenvalue weighted by molar-refractivity contribution is -0.0400. The molecule has 0 aliphatic carbocycles. The van der Waals surface area contributed by atoms with E-state index in [4.69, 9.17) is 20.7 Å². The Morgan fingerprint density at radius 1 is 1.50 bits per heavy atom. The normalized spacial score (nSPS) is 25.8. The molecule has 1 fully saturated rings. The fourth-order valence-electron chi connectivity index (χ4n) is 2.93. The van der Waals surface area contributed by atoms with Crippen molar-refractivity contribution < 1.29 is 23.8 Å². The average molecular weight is 415 g/mol. The van der Waals surface area contributed by atoms with Crippen LogP contribution in [0.15, 0.2) is 12.7 Å². The van der Waals surface area contributed by atoms with Gasteiger partial charge in [-0.1, -0.05) is 6.92 Å². The van der Waals surface area contributed by atoms with Gasteiger partial charge < -0.3 is 26.2 Å². The zero-order chi connectivity index (χ0) is 20.3. The van der Waals surface area contributed by atoms with Crippen LogP contribution in [0.25, 0.3) is 11.2 Å². The number of anilines is 1. The van der Waals surface area contributed by atoms with E-state index in [0.717, 1.165) is 6.42 Å². The Bertz CT molecular complexity index is 849. The maximum absolute atomic E-state index is 12.1. The van der Waals surface area contributed by atoms with Crippen molar-refractivity contribution in [1.82, 2.24) is 24.6 Å². The molecule has 0 radical (unpaired) electrons. The minimum atomic E-state index is -4.02. The van der Waals surface area contributed by atoms with Crippen molar-refractivity contribution in [2.24, 2.45) is 5.73 Å². The van der Waals surface area contributed by atoms with Crippen LogP contribution in [-0.4, -0.2) is 60.9 Å². The van der Waals surface area contributed by atoms with Crippen LogP contribution in [0.1, 0.15) is 32.4 Å². The van der Waals surface area contributed by atoms with Crippen molar-refractivity contribution in [3.05, 3.63) is 12.7 Å². The van der Waals surface area contributed by atoms with E-state index in [0.29, 0.717) is 17.6 Å². The molecule has 0 bridgehead atoms. The molecule has 0 saturated carbocycles. The van der Waals surface area contributed by atoms with Gasteiger partial charge in [-0.3, -0.25) is 9.09 Å². The molecule has 7 N–H and O–H groups in total. The van der Waals surface area contributed by atoms with Gasteiger partial charge in [0.25, 0.3) is 0 Å². The van der Waals surface area contributed by atoms with Crippen molar-refractivity contribution in [3.63, 3.8) is 0 Å². The number of aliphatic hydroxyl groups excluding tert-OH is 1. The first kappa shape index (κ1) is 21.1. The number of nitrogens with two attached hydrogens (primary N) is 2. The Hall–Kier alpha value is -1.66. The standard InChI is InChI=1S/C15H26N7O5P/c1-2-9(16)3-4-21-28(24,25)26-6-11-10(23)5-12(27-11)22-8-20-13-14(17)18-7-19-15(13)22/h7-12,23H,2-6,16H2,1H3,(H2,17,18,19)(H2,21,24,25)/t9?,10-,11+,12+/m0/s1. The largest absolute Gasteiger partial charge is 0.403 e. The van der Waals surface area contributed by atoms with Crippen LogP contribution < -0.4 is 16.6 Å². The van der Waals surface area contributed by atoms with E-state index in [9.17, 15) is 14.6 Å². The number of fused-ring (bicyclic) bond motifs is 1. The summed E-state index contributed by atoms with van der Waals surface area (Å²) in [5.74, 6) is 0.247. The van der Waals surface area contributed by atoms with Gasteiger partial charge in [-0.15, -0.1) is 0 Å². The third-order valence-corrected chi connectivity index (χ3v) is 5.79. The number of ether oxygens (including phenoxy) is 1. The second-order valence-electron chi connectivity index (χ2n) is 6.70. The van der Waals surface area contributed by atoms with Crippen molar-refractivity contribution >= 4 is 24.7 Å². The Morgan fingerprint density at radius 2 is 2.29 bits per heavy atom. The highest BCUT2D eigenvalue weighted by Gasteiger charge is 2.37. The summed E-state index contributed by atoms with van der Waals surface area (Å²) in [5, 5.41) is 12.7. The van der Waals surface area contributed by atoms with E-state index in [1.165, 1.54) is 12.7 Å². The average Bonchev–Trinajstić information content (AvgIpc) is 3.24.